The number of hydrogen-bond acceptors (Lipinski definition) is 5. The van der Waals surface area contributed by atoms with Crippen LogP contribution in [-0.4, -0.2) is 36.0 Å². The van der Waals surface area contributed by atoms with Gasteiger partial charge in [0.1, 0.15) is 5.75 Å². The predicted molar refractivity (Wildman–Crippen MR) is 59.6 cm³/mol. The molecule has 7 heteroatoms. The molecular weight excluding hydrogens is 234 g/mol. The number of aliphatic hydroxyl groups excluding tert-OH is 1. The minimum atomic E-state index is -3.67. The van der Waals surface area contributed by atoms with Crippen molar-refractivity contribution in [2.45, 2.75) is 6.10 Å². The number of nitrogens with two attached hydrogens (primary N) is 1. The monoisotopic (exact) mass is 249 g/mol. The third-order valence-corrected chi connectivity index (χ3v) is 1.50. The maximum absolute atomic E-state index is 9.21. The Bertz CT molecular complexity index is 392. The van der Waals surface area contributed by atoms with Crippen LogP contribution in [0.1, 0.15) is 11.7 Å². The maximum Gasteiger partial charge on any atom is 0.261 e. The molecule has 0 saturated heterocycles. The normalized spacial score (nSPS) is 12.5. The Morgan fingerprint density at radius 1 is 1.31 bits per heavy atom. The van der Waals surface area contributed by atoms with Crippen molar-refractivity contribution in [3.63, 3.8) is 0 Å². The molecule has 0 saturated carbocycles. The number of aliphatic hydroxyl groups is 1. The van der Waals surface area contributed by atoms with Gasteiger partial charge in [0, 0.05) is 6.54 Å². The van der Waals surface area contributed by atoms with E-state index in [1.54, 1.807) is 12.1 Å². The van der Waals surface area contributed by atoms with E-state index in [9.17, 15) is 13.5 Å². The Hall–Kier alpha value is -1.15. The van der Waals surface area contributed by atoms with Crippen LogP contribution in [0.15, 0.2) is 24.3 Å². The van der Waals surface area contributed by atoms with E-state index in [4.69, 9.17) is 15.4 Å². The van der Waals surface area contributed by atoms with Gasteiger partial charge in [0.2, 0.25) is 0 Å². The van der Waals surface area contributed by atoms with Gasteiger partial charge in [-0.15, -0.1) is 0 Å². The molecule has 0 radical (unpaired) electrons. The summed E-state index contributed by atoms with van der Waals surface area (Å²) in [5.41, 5.74) is 5.96. The second-order valence-electron chi connectivity index (χ2n) is 3.08. The van der Waals surface area contributed by atoms with E-state index < -0.39 is 16.2 Å². The smallest absolute Gasteiger partial charge is 0.261 e. The SMILES string of the molecule is CS(=O)(=O)O.NCC(O)c1ccc(O)cc1. The molecule has 0 aliphatic rings. The van der Waals surface area contributed by atoms with E-state index in [0.29, 0.717) is 6.26 Å². The van der Waals surface area contributed by atoms with E-state index in [0.717, 1.165) is 5.56 Å². The molecule has 0 aliphatic carbocycles. The first-order valence-electron chi connectivity index (χ1n) is 4.33. The molecule has 16 heavy (non-hydrogen) atoms. The van der Waals surface area contributed by atoms with E-state index in [-0.39, 0.29) is 12.3 Å². The van der Waals surface area contributed by atoms with E-state index >= 15 is 0 Å². The van der Waals surface area contributed by atoms with E-state index in [1.807, 2.05) is 0 Å². The fraction of sp³-hybridized carbons (Fsp3) is 0.333. The van der Waals surface area contributed by atoms with Crippen LogP contribution in [0.4, 0.5) is 0 Å². The van der Waals surface area contributed by atoms with Gasteiger partial charge in [-0.3, -0.25) is 4.55 Å². The minimum Gasteiger partial charge on any atom is -0.508 e. The summed E-state index contributed by atoms with van der Waals surface area (Å²) in [6, 6.07) is 6.34. The van der Waals surface area contributed by atoms with Crippen molar-refractivity contribution in [1.29, 1.82) is 0 Å². The van der Waals surface area contributed by atoms with Crippen LogP contribution in [-0.2, 0) is 10.1 Å². The molecule has 1 atom stereocenters. The highest BCUT2D eigenvalue weighted by Gasteiger charge is 2.02. The third-order valence-electron chi connectivity index (χ3n) is 1.50. The molecule has 0 amide bonds. The van der Waals surface area contributed by atoms with Crippen molar-refractivity contribution >= 4 is 10.1 Å². The summed E-state index contributed by atoms with van der Waals surface area (Å²) in [5.74, 6) is 0.193. The van der Waals surface area contributed by atoms with Crippen LogP contribution in [0.3, 0.4) is 0 Å². The molecule has 5 N–H and O–H groups in total. The van der Waals surface area contributed by atoms with Gasteiger partial charge in [-0.1, -0.05) is 12.1 Å². The highest BCUT2D eigenvalue weighted by Crippen LogP contribution is 2.15. The molecule has 0 bridgehead atoms. The zero-order valence-electron chi connectivity index (χ0n) is 8.74. The lowest BCUT2D eigenvalue weighted by molar-refractivity contribution is 0.186. The molecule has 0 fully saturated rings. The molecular formula is C9H15NO5S. The number of phenols is 1. The number of hydrogen-bond donors (Lipinski definition) is 4. The fourth-order valence-electron chi connectivity index (χ4n) is 0.833. The van der Waals surface area contributed by atoms with Gasteiger partial charge in [0.15, 0.2) is 0 Å². The van der Waals surface area contributed by atoms with Crippen LogP contribution in [0, 0.1) is 0 Å². The molecule has 0 aromatic heterocycles. The summed E-state index contributed by atoms with van der Waals surface area (Å²) in [4.78, 5) is 0. The van der Waals surface area contributed by atoms with Crippen molar-refractivity contribution in [1.82, 2.24) is 0 Å². The first-order chi connectivity index (χ1) is 7.24. The first kappa shape index (κ1) is 14.8. The minimum absolute atomic E-state index is 0.193. The Balaban J connectivity index is 0.000000385. The molecule has 1 unspecified atom stereocenters. The highest BCUT2D eigenvalue weighted by molar-refractivity contribution is 7.85. The molecule has 6 nitrogen and oxygen atoms in total. The maximum atomic E-state index is 9.21. The number of benzene rings is 1. The van der Waals surface area contributed by atoms with Crippen LogP contribution >= 0.6 is 0 Å². The molecule has 0 spiro atoms. The van der Waals surface area contributed by atoms with Crippen molar-refractivity contribution in [3.8, 4) is 5.75 Å². The Labute approximate surface area is 94.1 Å². The number of aromatic hydroxyl groups is 1. The van der Waals surface area contributed by atoms with Crippen molar-refractivity contribution in [2.24, 2.45) is 5.73 Å². The standard InChI is InChI=1S/C8H11NO2.CH4O3S/c9-5-8(11)6-1-3-7(10)4-2-6;1-5(2,3)4/h1-4,8,10-11H,5,9H2;1H3,(H,2,3,4). The van der Waals surface area contributed by atoms with Gasteiger partial charge in [0.25, 0.3) is 10.1 Å². The molecule has 0 aliphatic heterocycles. The van der Waals surface area contributed by atoms with Gasteiger partial charge < -0.3 is 15.9 Å². The molecule has 92 valence electrons. The van der Waals surface area contributed by atoms with Gasteiger partial charge in [-0.25, -0.2) is 0 Å². The first-order valence-corrected chi connectivity index (χ1v) is 6.18. The number of rotatable bonds is 2. The van der Waals surface area contributed by atoms with Crippen molar-refractivity contribution in [2.75, 3.05) is 12.8 Å². The second kappa shape index (κ2) is 6.44. The summed E-state index contributed by atoms with van der Waals surface area (Å²) >= 11 is 0. The van der Waals surface area contributed by atoms with Crippen LogP contribution in [0.25, 0.3) is 0 Å². The van der Waals surface area contributed by atoms with Crippen molar-refractivity contribution < 1.29 is 23.2 Å². The quantitative estimate of drug-likeness (QED) is 0.543. The summed E-state index contributed by atoms with van der Waals surface area (Å²) in [5, 5.41) is 18.1. The van der Waals surface area contributed by atoms with Crippen LogP contribution in [0.5, 0.6) is 5.75 Å². The van der Waals surface area contributed by atoms with Crippen LogP contribution in [0.2, 0.25) is 0 Å². The van der Waals surface area contributed by atoms with Gasteiger partial charge in [0.05, 0.1) is 12.4 Å². The topological polar surface area (TPSA) is 121 Å². The lowest BCUT2D eigenvalue weighted by Gasteiger charge is -2.06. The summed E-state index contributed by atoms with van der Waals surface area (Å²) in [6.07, 6.45) is 0.0862. The zero-order valence-corrected chi connectivity index (χ0v) is 9.55. The highest BCUT2D eigenvalue weighted by atomic mass is 32.2. The Morgan fingerprint density at radius 2 is 1.69 bits per heavy atom. The van der Waals surface area contributed by atoms with Crippen LogP contribution < -0.4 is 5.73 Å². The molecule has 1 aromatic carbocycles. The molecule has 1 aromatic rings. The van der Waals surface area contributed by atoms with Gasteiger partial charge in [-0.05, 0) is 17.7 Å². The summed E-state index contributed by atoms with van der Waals surface area (Å²) in [7, 11) is -3.67. The largest absolute Gasteiger partial charge is 0.508 e. The van der Waals surface area contributed by atoms with Gasteiger partial charge >= 0.3 is 0 Å². The second-order valence-corrected chi connectivity index (χ2v) is 4.54. The zero-order chi connectivity index (χ0) is 12.8. The summed E-state index contributed by atoms with van der Waals surface area (Å²) < 4.78 is 25.9. The van der Waals surface area contributed by atoms with E-state index in [2.05, 4.69) is 0 Å². The number of phenolic OH excluding ortho intramolecular Hbond substituents is 1. The molecule has 1 rings (SSSR count). The Morgan fingerprint density at radius 3 is 2.00 bits per heavy atom. The fourth-order valence-corrected chi connectivity index (χ4v) is 0.833. The predicted octanol–water partition coefficient (Wildman–Crippen LogP) is -0.112. The third kappa shape index (κ3) is 8.18. The molecule has 0 heterocycles. The lowest BCUT2D eigenvalue weighted by Crippen LogP contribution is -2.10. The average Bonchev–Trinajstić information content (AvgIpc) is 2.15. The van der Waals surface area contributed by atoms with E-state index in [1.165, 1.54) is 12.1 Å². The van der Waals surface area contributed by atoms with Crippen molar-refractivity contribution in [3.05, 3.63) is 29.8 Å². The summed E-state index contributed by atoms with van der Waals surface area (Å²) in [6.45, 7) is 0.199. The average molecular weight is 249 g/mol. The van der Waals surface area contributed by atoms with Gasteiger partial charge in [-0.2, -0.15) is 8.42 Å². The Kier molecular flexibility index (Phi) is 5.97. The lowest BCUT2D eigenvalue weighted by atomic mass is 10.1.